The minimum absolute atomic E-state index is 0.0518. The van der Waals surface area contributed by atoms with Gasteiger partial charge in [-0.05, 0) is 46.6 Å². The molecule has 4 heterocycles. The number of carbonyl (C=O) groups is 3. The number of nitrogens with one attached hydrogen (secondary N) is 1. The van der Waals surface area contributed by atoms with Gasteiger partial charge in [0.05, 0.1) is 41.2 Å². The number of ether oxygens (including phenoxy) is 4. The molecule has 0 spiro atoms. The van der Waals surface area contributed by atoms with Gasteiger partial charge in [-0.2, -0.15) is 0 Å². The molecular formula is C45H62N2O12. The summed E-state index contributed by atoms with van der Waals surface area (Å²) < 4.78 is 23.7. The number of rotatable bonds is 4. The Bertz CT molecular complexity index is 2030. The van der Waals surface area contributed by atoms with Crippen molar-refractivity contribution in [2.75, 3.05) is 12.4 Å². The van der Waals surface area contributed by atoms with E-state index in [2.05, 4.69) is 24.1 Å². The molecule has 0 aliphatic carbocycles. The molecule has 14 nitrogen and oxygen atoms in total. The molecule has 1 saturated heterocycles. The van der Waals surface area contributed by atoms with Gasteiger partial charge >= 0.3 is 11.8 Å². The molecule has 324 valence electrons. The van der Waals surface area contributed by atoms with Crippen LogP contribution in [0.25, 0.3) is 10.8 Å². The van der Waals surface area contributed by atoms with Crippen LogP contribution in [0.5, 0.6) is 23.0 Å². The Morgan fingerprint density at radius 1 is 0.915 bits per heavy atom. The fourth-order valence-electron chi connectivity index (χ4n) is 8.91. The largest absolute Gasteiger partial charge is 0.507 e. The van der Waals surface area contributed by atoms with Gasteiger partial charge < -0.3 is 49.8 Å². The first-order chi connectivity index (χ1) is 27.7. The first kappa shape index (κ1) is 45.5. The van der Waals surface area contributed by atoms with Crippen LogP contribution in [0.1, 0.15) is 103 Å². The third-order valence-corrected chi connectivity index (χ3v) is 12.8. The number of carbonyl (C=O) groups excluding carboxylic acids is 3. The van der Waals surface area contributed by atoms with Gasteiger partial charge in [0.25, 0.3) is 11.7 Å². The number of anilines is 1. The number of amides is 1. The van der Waals surface area contributed by atoms with Crippen LogP contribution in [-0.4, -0.2) is 97.5 Å². The van der Waals surface area contributed by atoms with Crippen molar-refractivity contribution in [3.8, 4) is 23.0 Å². The van der Waals surface area contributed by atoms with Gasteiger partial charge in [0.2, 0.25) is 0 Å². The van der Waals surface area contributed by atoms with E-state index in [1.807, 2.05) is 0 Å². The molecular weight excluding hydrogens is 760 g/mol. The minimum atomic E-state index is -2.01. The summed E-state index contributed by atoms with van der Waals surface area (Å²) in [6.07, 6.45) is 6.55. The second-order valence-electron chi connectivity index (χ2n) is 17.0. The molecule has 0 radical (unpaired) electrons. The lowest BCUT2D eigenvalue weighted by atomic mass is 9.78. The third kappa shape index (κ3) is 8.68. The number of ketones is 1. The number of nitrogens with zero attached hydrogens (tertiary/aromatic N) is 1. The average Bonchev–Trinajstić information content (AvgIpc) is 3.45. The zero-order chi connectivity index (χ0) is 43.8. The Morgan fingerprint density at radius 2 is 1.56 bits per heavy atom. The highest BCUT2D eigenvalue weighted by molar-refractivity contribution is 6.22. The van der Waals surface area contributed by atoms with Crippen molar-refractivity contribution in [1.29, 1.82) is 0 Å². The number of likely N-dealkylation sites (tertiary alicyclic amines) is 1. The number of phenols is 3. The van der Waals surface area contributed by atoms with Crippen LogP contribution in [-0.2, 0) is 30.3 Å². The molecule has 59 heavy (non-hydrogen) atoms. The quantitative estimate of drug-likeness (QED) is 0.111. The van der Waals surface area contributed by atoms with Crippen LogP contribution in [0.3, 0.4) is 0 Å². The third-order valence-electron chi connectivity index (χ3n) is 12.8. The molecule has 2 aromatic carbocycles. The summed E-state index contributed by atoms with van der Waals surface area (Å²) in [6.45, 7) is 16.9. The molecule has 11 atom stereocenters. The van der Waals surface area contributed by atoms with E-state index in [9.17, 15) is 39.9 Å². The first-order valence-electron chi connectivity index (χ1n) is 20.5. The predicted octanol–water partition coefficient (Wildman–Crippen LogP) is 6.52. The van der Waals surface area contributed by atoms with Crippen LogP contribution >= 0.6 is 0 Å². The van der Waals surface area contributed by atoms with Gasteiger partial charge in [0.1, 0.15) is 23.4 Å². The molecule has 11 unspecified atom stereocenters. The van der Waals surface area contributed by atoms with Crippen LogP contribution in [0.2, 0.25) is 0 Å². The molecule has 14 heteroatoms. The van der Waals surface area contributed by atoms with Gasteiger partial charge in [-0.3, -0.25) is 19.3 Å². The number of allylic oxidation sites excluding steroid dienone is 2. The molecule has 0 aromatic heterocycles. The number of esters is 1. The van der Waals surface area contributed by atoms with Crippen molar-refractivity contribution in [3.05, 3.63) is 52.8 Å². The van der Waals surface area contributed by atoms with Crippen LogP contribution in [0.4, 0.5) is 5.69 Å². The Labute approximate surface area is 346 Å². The molecule has 5 bridgehead atoms. The van der Waals surface area contributed by atoms with Gasteiger partial charge in [-0.25, -0.2) is 0 Å². The van der Waals surface area contributed by atoms with E-state index >= 15 is 0 Å². The Kier molecular flexibility index (Phi) is 13.8. The first-order valence-corrected chi connectivity index (χ1v) is 20.5. The summed E-state index contributed by atoms with van der Waals surface area (Å²) >= 11 is 0. The number of aliphatic hydroxyl groups is 2. The van der Waals surface area contributed by atoms with E-state index in [-0.39, 0.29) is 63.1 Å². The highest BCUT2D eigenvalue weighted by atomic mass is 16.7. The number of hydrogen-bond donors (Lipinski definition) is 6. The van der Waals surface area contributed by atoms with E-state index in [1.165, 1.54) is 46.3 Å². The van der Waals surface area contributed by atoms with Crippen molar-refractivity contribution >= 4 is 34.1 Å². The molecule has 6 rings (SSSR count). The molecule has 2 aromatic rings. The number of piperidine rings is 1. The summed E-state index contributed by atoms with van der Waals surface area (Å²) in [4.78, 5) is 42.9. The lowest BCUT2D eigenvalue weighted by Crippen LogP contribution is -2.46. The summed E-state index contributed by atoms with van der Waals surface area (Å²) in [5, 5.41) is 61.3. The maximum Gasteiger partial charge on any atom is 0.312 e. The topological polar surface area (TPSA) is 205 Å². The number of benzene rings is 2. The maximum absolute atomic E-state index is 14.5. The standard InChI is InChI=1S/C45H62N2O12/c1-21-14-12-15-22(2)44(55)46-35-30(20-47-23(3)16-13-17-24(47)4)39(52)32-33(40(35)53)38(51)28(8)42-34(32)43(54)45(10,59-42)57-19-18-31(56-11)25(5)41(58-29(9)48)27(7)37(50)26(6)36(21)49/h12,14-15,18-19,21,23-27,31,36-37,41,49-53H,13,16-17,20H2,1-11H3,(H,46,55)/b14-12+,19-18+,22-15?. The second-order valence-corrected chi connectivity index (χ2v) is 17.0. The SMILES string of the molecule is COC1/C=C/OC2(C)Oc3c(C)c(O)c4c(O)c(c(CN5C(C)CCCC5C)c(O)c4c3C2=O)NC(=O)C(C)=C/C=C/C(C)C(O)C(C)C(O)C(C)C(OC(C)=O)C1C. The molecule has 1 fully saturated rings. The zero-order valence-corrected chi connectivity index (χ0v) is 36.0. The van der Waals surface area contributed by atoms with Crippen molar-refractivity contribution < 1.29 is 58.9 Å². The number of hydrogen-bond acceptors (Lipinski definition) is 13. The predicted molar refractivity (Wildman–Crippen MR) is 222 cm³/mol. The van der Waals surface area contributed by atoms with Gasteiger partial charge in [0, 0.05) is 85.3 Å². The highest BCUT2D eigenvalue weighted by Gasteiger charge is 2.50. The van der Waals surface area contributed by atoms with Crippen LogP contribution in [0.15, 0.2) is 36.1 Å². The Morgan fingerprint density at radius 3 is 2.17 bits per heavy atom. The van der Waals surface area contributed by atoms with E-state index in [1.54, 1.807) is 46.8 Å². The van der Waals surface area contributed by atoms with E-state index in [0.717, 1.165) is 19.3 Å². The van der Waals surface area contributed by atoms with Crippen molar-refractivity contribution in [1.82, 2.24) is 4.90 Å². The van der Waals surface area contributed by atoms with Crippen molar-refractivity contribution in [2.45, 2.75) is 137 Å². The molecule has 4 aliphatic rings. The summed E-state index contributed by atoms with van der Waals surface area (Å²) in [5.41, 5.74) is 0.216. The second kappa shape index (κ2) is 17.9. The Balaban J connectivity index is 1.72. The van der Waals surface area contributed by atoms with E-state index in [0.29, 0.717) is 0 Å². The number of aromatic hydroxyl groups is 3. The van der Waals surface area contributed by atoms with Crippen LogP contribution < -0.4 is 10.1 Å². The maximum atomic E-state index is 14.5. The minimum Gasteiger partial charge on any atom is -0.507 e. The number of methoxy groups -OCH3 is 1. The fraction of sp³-hybridized carbons (Fsp3) is 0.578. The number of phenolic OH excluding ortho intramolecular Hbond substituents is 3. The molecule has 1 amide bonds. The summed E-state index contributed by atoms with van der Waals surface area (Å²) in [7, 11) is 1.45. The van der Waals surface area contributed by atoms with Crippen molar-refractivity contribution in [3.63, 3.8) is 0 Å². The molecule has 0 saturated carbocycles. The summed E-state index contributed by atoms with van der Waals surface area (Å²) in [5.74, 6) is -7.82. The smallest absolute Gasteiger partial charge is 0.312 e. The van der Waals surface area contributed by atoms with Crippen LogP contribution in [0, 0.1) is 30.6 Å². The van der Waals surface area contributed by atoms with Crippen molar-refractivity contribution in [2.24, 2.45) is 23.7 Å². The van der Waals surface area contributed by atoms with Gasteiger partial charge in [0.15, 0.2) is 5.75 Å². The van der Waals surface area contributed by atoms with Gasteiger partial charge in [-0.1, -0.05) is 52.3 Å². The normalized spacial score (nSPS) is 33.5. The molecule has 4 aliphatic heterocycles. The number of fused-ring (bicyclic) bond motifs is 14. The number of aliphatic hydroxyl groups excluding tert-OH is 2. The summed E-state index contributed by atoms with van der Waals surface area (Å²) in [6, 6.07) is 0.175. The van der Waals surface area contributed by atoms with Gasteiger partial charge in [-0.15, -0.1) is 0 Å². The Hall–Kier alpha value is -4.63. The average molecular weight is 823 g/mol. The lowest BCUT2D eigenvalue weighted by Gasteiger charge is -2.39. The lowest BCUT2D eigenvalue weighted by molar-refractivity contribution is -0.160. The van der Waals surface area contributed by atoms with E-state index in [4.69, 9.17) is 18.9 Å². The van der Waals surface area contributed by atoms with E-state index < -0.39 is 88.8 Å². The zero-order valence-electron chi connectivity index (χ0n) is 36.0. The monoisotopic (exact) mass is 822 g/mol. The fourth-order valence-corrected chi connectivity index (χ4v) is 8.91. The highest BCUT2D eigenvalue weighted by Crippen LogP contribution is 2.55. The number of Topliss-reactive ketones (excluding diaryl/α,β-unsaturated/α-hetero) is 1. The molecule has 6 N–H and O–H groups in total.